The molecule has 4 rings (SSSR count). The van der Waals surface area contributed by atoms with Crippen LogP contribution in [0.3, 0.4) is 0 Å². The fraction of sp³-hybridized carbons (Fsp3) is 0.345. The summed E-state index contributed by atoms with van der Waals surface area (Å²) < 4.78 is 15.2. The zero-order chi connectivity index (χ0) is 25.3. The van der Waals surface area contributed by atoms with E-state index >= 15 is 4.39 Å². The lowest BCUT2D eigenvalue weighted by molar-refractivity contribution is -0.117. The van der Waals surface area contributed by atoms with Gasteiger partial charge in [0, 0.05) is 48.4 Å². The Morgan fingerprint density at radius 2 is 1.60 bits per heavy atom. The molecule has 1 heterocycles. The molecular formula is C29H34FN3O2. The molecule has 0 saturated carbocycles. The molecule has 0 bridgehead atoms. The summed E-state index contributed by atoms with van der Waals surface area (Å²) in [6.07, 6.45) is 1.92. The molecule has 3 N–H and O–H groups in total. The van der Waals surface area contributed by atoms with Crippen molar-refractivity contribution in [1.82, 2.24) is 0 Å². The van der Waals surface area contributed by atoms with Crippen LogP contribution in [0, 0.1) is 5.82 Å². The van der Waals surface area contributed by atoms with E-state index in [1.165, 1.54) is 17.9 Å². The normalized spacial score (nSPS) is 14.7. The van der Waals surface area contributed by atoms with Gasteiger partial charge in [-0.15, -0.1) is 0 Å². The van der Waals surface area contributed by atoms with Gasteiger partial charge < -0.3 is 20.6 Å². The van der Waals surface area contributed by atoms with Gasteiger partial charge in [0.15, 0.2) is 0 Å². The number of para-hydroxylation sites is 1. The molecule has 0 spiro atoms. The van der Waals surface area contributed by atoms with E-state index < -0.39 is 11.4 Å². The third-order valence-corrected chi connectivity index (χ3v) is 6.58. The Hall–Kier alpha value is -3.38. The summed E-state index contributed by atoms with van der Waals surface area (Å²) in [7, 11) is 0. The number of piperidine rings is 1. The molecule has 35 heavy (non-hydrogen) atoms. The van der Waals surface area contributed by atoms with E-state index in [1.54, 1.807) is 18.2 Å². The molecule has 3 aromatic rings. The largest absolute Gasteiger partial charge is 0.507 e. The molecule has 0 radical (unpaired) electrons. The van der Waals surface area contributed by atoms with Crippen LogP contribution in [0.5, 0.6) is 5.75 Å². The minimum absolute atomic E-state index is 0.0942. The molecule has 184 valence electrons. The monoisotopic (exact) mass is 475 g/mol. The molecule has 1 saturated heterocycles. The van der Waals surface area contributed by atoms with Gasteiger partial charge in [-0.1, -0.05) is 36.4 Å². The summed E-state index contributed by atoms with van der Waals surface area (Å²) in [5.41, 5.74) is 9.46. The van der Waals surface area contributed by atoms with Gasteiger partial charge in [0.25, 0.3) is 0 Å². The summed E-state index contributed by atoms with van der Waals surface area (Å²) in [6, 6.07) is 18.6. The zero-order valence-electron chi connectivity index (χ0n) is 20.9. The molecule has 5 nitrogen and oxygen atoms in total. The van der Waals surface area contributed by atoms with Gasteiger partial charge in [-0.25, -0.2) is 4.39 Å². The van der Waals surface area contributed by atoms with Crippen LogP contribution in [-0.2, 0) is 4.79 Å². The minimum atomic E-state index is -0.569. The van der Waals surface area contributed by atoms with Crippen molar-refractivity contribution in [3.8, 4) is 28.0 Å². The number of carbonyl (C=O) groups excluding carboxylic acids is 1. The Morgan fingerprint density at radius 1 is 1.00 bits per heavy atom. The quantitative estimate of drug-likeness (QED) is 0.490. The van der Waals surface area contributed by atoms with E-state index in [1.807, 2.05) is 45.0 Å². The summed E-state index contributed by atoms with van der Waals surface area (Å²) in [5, 5.41) is 11.2. The standard InChI is InChI=1S/C29H34FN3O2/c1-19(34)33(29(2,3)4)27-12-11-21(18-26(27)30)25-10-6-9-24(28(25)35)20-7-5-8-23(17-20)32-15-13-22(31)14-16-32/h5-12,17-18,22,35H,13-16,31H2,1-4H3. The fourth-order valence-electron chi connectivity index (χ4n) is 4.90. The number of hydrogen-bond donors (Lipinski definition) is 2. The van der Waals surface area contributed by atoms with Gasteiger partial charge in [-0.2, -0.15) is 0 Å². The van der Waals surface area contributed by atoms with E-state index in [0.29, 0.717) is 16.7 Å². The van der Waals surface area contributed by atoms with E-state index in [2.05, 4.69) is 17.0 Å². The highest BCUT2D eigenvalue weighted by Crippen LogP contribution is 2.40. The molecule has 1 aliphatic heterocycles. The minimum Gasteiger partial charge on any atom is -0.507 e. The Balaban J connectivity index is 1.69. The van der Waals surface area contributed by atoms with Gasteiger partial charge in [-0.3, -0.25) is 4.79 Å². The lowest BCUT2D eigenvalue weighted by Gasteiger charge is -2.35. The third-order valence-electron chi connectivity index (χ3n) is 6.58. The van der Waals surface area contributed by atoms with Crippen molar-refractivity contribution in [1.29, 1.82) is 0 Å². The lowest BCUT2D eigenvalue weighted by atomic mass is 9.96. The molecule has 1 aliphatic rings. The number of hydrogen-bond acceptors (Lipinski definition) is 4. The number of aromatic hydroxyl groups is 1. The van der Waals surface area contributed by atoms with Crippen molar-refractivity contribution in [2.75, 3.05) is 22.9 Å². The van der Waals surface area contributed by atoms with Gasteiger partial charge >= 0.3 is 0 Å². The Bertz CT molecular complexity index is 1230. The molecule has 6 heteroatoms. The second kappa shape index (κ2) is 9.70. The summed E-state index contributed by atoms with van der Waals surface area (Å²) in [6.45, 7) is 8.85. The molecule has 0 aromatic heterocycles. The van der Waals surface area contributed by atoms with Crippen LogP contribution in [-0.4, -0.2) is 35.7 Å². The molecule has 1 fully saturated rings. The van der Waals surface area contributed by atoms with Crippen molar-refractivity contribution in [2.45, 2.75) is 52.1 Å². The van der Waals surface area contributed by atoms with Gasteiger partial charge in [0.2, 0.25) is 5.91 Å². The molecule has 1 amide bonds. The van der Waals surface area contributed by atoms with E-state index in [9.17, 15) is 9.90 Å². The van der Waals surface area contributed by atoms with Crippen molar-refractivity contribution in [3.05, 3.63) is 66.5 Å². The molecular weight excluding hydrogens is 441 g/mol. The number of rotatable bonds is 4. The first-order chi connectivity index (χ1) is 16.6. The van der Waals surface area contributed by atoms with E-state index in [-0.39, 0.29) is 23.4 Å². The van der Waals surface area contributed by atoms with Crippen LogP contribution >= 0.6 is 0 Å². The number of nitrogens with two attached hydrogens (primary N) is 1. The highest BCUT2D eigenvalue weighted by molar-refractivity contribution is 5.93. The number of halogens is 1. The van der Waals surface area contributed by atoms with Crippen LogP contribution in [0.15, 0.2) is 60.7 Å². The molecule has 0 unspecified atom stereocenters. The average Bonchev–Trinajstić information content (AvgIpc) is 2.80. The summed E-state index contributed by atoms with van der Waals surface area (Å²) in [5.74, 6) is -0.649. The van der Waals surface area contributed by atoms with Crippen molar-refractivity contribution in [2.24, 2.45) is 5.73 Å². The van der Waals surface area contributed by atoms with Crippen LogP contribution in [0.4, 0.5) is 15.8 Å². The Morgan fingerprint density at radius 3 is 2.17 bits per heavy atom. The lowest BCUT2D eigenvalue weighted by Crippen LogP contribution is -2.45. The van der Waals surface area contributed by atoms with Crippen LogP contribution < -0.4 is 15.5 Å². The number of nitrogens with zero attached hydrogens (tertiary/aromatic N) is 2. The predicted molar refractivity (Wildman–Crippen MR) is 141 cm³/mol. The summed E-state index contributed by atoms with van der Waals surface area (Å²) in [4.78, 5) is 16.0. The second-order valence-corrected chi connectivity index (χ2v) is 10.3. The van der Waals surface area contributed by atoms with E-state index in [4.69, 9.17) is 5.73 Å². The summed E-state index contributed by atoms with van der Waals surface area (Å²) >= 11 is 0. The predicted octanol–water partition coefficient (Wildman–Crippen LogP) is 5.94. The van der Waals surface area contributed by atoms with Crippen LogP contribution in [0.2, 0.25) is 0 Å². The molecule has 0 aliphatic carbocycles. The van der Waals surface area contributed by atoms with Crippen molar-refractivity contribution >= 4 is 17.3 Å². The number of amides is 1. The fourth-order valence-corrected chi connectivity index (χ4v) is 4.90. The van der Waals surface area contributed by atoms with E-state index in [0.717, 1.165) is 37.2 Å². The SMILES string of the molecule is CC(=O)N(c1ccc(-c2cccc(-c3cccc(N4CCC(N)CC4)c3)c2O)cc1F)C(C)(C)C. The first kappa shape index (κ1) is 24.7. The van der Waals surface area contributed by atoms with Gasteiger partial charge in [0.05, 0.1) is 5.69 Å². The highest BCUT2D eigenvalue weighted by atomic mass is 19.1. The number of benzene rings is 3. The molecule has 0 atom stereocenters. The zero-order valence-corrected chi connectivity index (χ0v) is 20.9. The van der Waals surface area contributed by atoms with Crippen molar-refractivity contribution in [3.63, 3.8) is 0 Å². The maximum atomic E-state index is 15.2. The topological polar surface area (TPSA) is 69.8 Å². The number of anilines is 2. The smallest absolute Gasteiger partial charge is 0.224 e. The number of carbonyl (C=O) groups is 1. The Labute approximate surface area is 207 Å². The molecule has 3 aromatic carbocycles. The third kappa shape index (κ3) is 5.17. The van der Waals surface area contributed by atoms with Crippen molar-refractivity contribution < 1.29 is 14.3 Å². The maximum absolute atomic E-state index is 15.2. The van der Waals surface area contributed by atoms with Crippen LogP contribution in [0.25, 0.3) is 22.3 Å². The average molecular weight is 476 g/mol. The first-order valence-corrected chi connectivity index (χ1v) is 12.1. The maximum Gasteiger partial charge on any atom is 0.224 e. The van der Waals surface area contributed by atoms with Crippen LogP contribution in [0.1, 0.15) is 40.5 Å². The second-order valence-electron chi connectivity index (χ2n) is 10.3. The highest BCUT2D eigenvalue weighted by Gasteiger charge is 2.28. The number of phenols is 1. The Kier molecular flexibility index (Phi) is 6.86. The first-order valence-electron chi connectivity index (χ1n) is 12.1. The number of phenolic OH excluding ortho intramolecular Hbond substituents is 1. The van der Waals surface area contributed by atoms with Gasteiger partial charge in [-0.05, 0) is 69.0 Å². The van der Waals surface area contributed by atoms with Gasteiger partial charge in [0.1, 0.15) is 11.6 Å².